The molecule has 0 spiro atoms. The van der Waals surface area contributed by atoms with E-state index in [0.29, 0.717) is 23.8 Å². The summed E-state index contributed by atoms with van der Waals surface area (Å²) in [5, 5.41) is 3.29. The molecule has 1 fully saturated rings. The number of hydrogen-bond donors (Lipinski definition) is 1. The molecular formula is C18H39N3O2S. The minimum atomic E-state index is -2.89. The van der Waals surface area contributed by atoms with E-state index in [1.54, 1.807) is 0 Å². The molecule has 0 aromatic rings. The minimum Gasteiger partial charge on any atom is -0.314 e. The summed E-state index contributed by atoms with van der Waals surface area (Å²) in [4.78, 5) is 5.06. The molecule has 6 heteroatoms. The standard InChI is InChI=1S/C18H39N3O2S/c1-6-18(4,5)21-13-11-20(12-14-21)10-8-19-9-16-24(22,23)15-7-17(2)3/h17,19H,6-16H2,1-5H3. The van der Waals surface area contributed by atoms with Gasteiger partial charge in [0.2, 0.25) is 0 Å². The van der Waals surface area contributed by atoms with E-state index in [0.717, 1.165) is 45.7 Å². The van der Waals surface area contributed by atoms with Crippen molar-refractivity contribution in [2.75, 3.05) is 57.3 Å². The van der Waals surface area contributed by atoms with Crippen LogP contribution in [-0.2, 0) is 9.84 Å². The van der Waals surface area contributed by atoms with Gasteiger partial charge in [0.05, 0.1) is 11.5 Å². The molecule has 0 unspecified atom stereocenters. The van der Waals surface area contributed by atoms with E-state index < -0.39 is 9.84 Å². The molecule has 1 saturated heterocycles. The van der Waals surface area contributed by atoms with Crippen LogP contribution in [0.2, 0.25) is 0 Å². The summed E-state index contributed by atoms with van der Waals surface area (Å²) in [5.74, 6) is 1.03. The Hall–Kier alpha value is -0.170. The Morgan fingerprint density at radius 3 is 2.21 bits per heavy atom. The summed E-state index contributed by atoms with van der Waals surface area (Å²) >= 11 is 0. The lowest BCUT2D eigenvalue weighted by Gasteiger charge is -2.43. The molecule has 5 nitrogen and oxygen atoms in total. The van der Waals surface area contributed by atoms with Crippen molar-refractivity contribution < 1.29 is 8.42 Å². The summed E-state index contributed by atoms with van der Waals surface area (Å²) in [7, 11) is -2.89. The molecule has 0 amide bonds. The van der Waals surface area contributed by atoms with Gasteiger partial charge < -0.3 is 5.32 Å². The van der Waals surface area contributed by atoms with Gasteiger partial charge in [0, 0.05) is 51.4 Å². The quantitative estimate of drug-likeness (QED) is 0.569. The van der Waals surface area contributed by atoms with Crippen LogP contribution >= 0.6 is 0 Å². The fourth-order valence-electron chi connectivity index (χ4n) is 2.91. The summed E-state index contributed by atoms with van der Waals surface area (Å²) in [6, 6.07) is 0. The molecule has 1 rings (SSSR count). The van der Waals surface area contributed by atoms with Crippen LogP contribution in [0.3, 0.4) is 0 Å². The largest absolute Gasteiger partial charge is 0.314 e. The van der Waals surface area contributed by atoms with Crippen LogP contribution in [-0.4, -0.2) is 81.1 Å². The first-order chi connectivity index (χ1) is 11.2. The van der Waals surface area contributed by atoms with E-state index in [9.17, 15) is 8.42 Å². The van der Waals surface area contributed by atoms with Crippen LogP contribution in [0.4, 0.5) is 0 Å². The summed E-state index contributed by atoms with van der Waals surface area (Å²) in [6.07, 6.45) is 1.94. The topological polar surface area (TPSA) is 52.6 Å². The Morgan fingerprint density at radius 2 is 1.67 bits per heavy atom. The van der Waals surface area contributed by atoms with Crippen molar-refractivity contribution >= 4 is 9.84 Å². The zero-order valence-corrected chi connectivity index (χ0v) is 17.3. The van der Waals surface area contributed by atoms with Crippen molar-refractivity contribution in [3.05, 3.63) is 0 Å². The van der Waals surface area contributed by atoms with Crippen molar-refractivity contribution in [2.24, 2.45) is 5.92 Å². The lowest BCUT2D eigenvalue weighted by atomic mass is 9.98. The molecule has 0 radical (unpaired) electrons. The molecule has 1 N–H and O–H groups in total. The third-order valence-corrected chi connectivity index (χ3v) is 6.98. The van der Waals surface area contributed by atoms with Crippen LogP contribution in [0.1, 0.15) is 47.5 Å². The van der Waals surface area contributed by atoms with Crippen molar-refractivity contribution in [1.82, 2.24) is 15.1 Å². The predicted octanol–water partition coefficient (Wildman–Crippen LogP) is 1.84. The first-order valence-corrected chi connectivity index (χ1v) is 11.4. The number of nitrogens with zero attached hydrogens (tertiary/aromatic N) is 2. The average Bonchev–Trinajstić information content (AvgIpc) is 2.53. The number of nitrogens with one attached hydrogen (secondary N) is 1. The van der Waals surface area contributed by atoms with E-state index in [1.807, 2.05) is 0 Å². The normalized spacial score (nSPS) is 18.4. The molecule has 0 atom stereocenters. The molecule has 24 heavy (non-hydrogen) atoms. The van der Waals surface area contributed by atoms with Crippen LogP contribution in [0.25, 0.3) is 0 Å². The van der Waals surface area contributed by atoms with E-state index in [4.69, 9.17) is 0 Å². The summed E-state index contributed by atoms with van der Waals surface area (Å²) in [5.41, 5.74) is 0.300. The van der Waals surface area contributed by atoms with Gasteiger partial charge in [-0.3, -0.25) is 9.80 Å². The van der Waals surface area contributed by atoms with Gasteiger partial charge in [-0.05, 0) is 32.6 Å². The number of rotatable bonds is 11. The molecule has 1 aliphatic heterocycles. The maximum absolute atomic E-state index is 11.9. The molecule has 0 aromatic carbocycles. The average molecular weight is 362 g/mol. The minimum absolute atomic E-state index is 0.262. The molecule has 1 aliphatic rings. The molecule has 0 bridgehead atoms. The first-order valence-electron chi connectivity index (χ1n) is 9.55. The van der Waals surface area contributed by atoms with Crippen LogP contribution in [0.15, 0.2) is 0 Å². The lowest BCUT2D eigenvalue weighted by molar-refractivity contribution is 0.0505. The van der Waals surface area contributed by atoms with Gasteiger partial charge in [0.1, 0.15) is 0 Å². The van der Waals surface area contributed by atoms with Gasteiger partial charge in [-0.1, -0.05) is 20.8 Å². The Balaban J connectivity index is 2.13. The zero-order valence-electron chi connectivity index (χ0n) is 16.5. The van der Waals surface area contributed by atoms with E-state index in [2.05, 4.69) is 49.7 Å². The van der Waals surface area contributed by atoms with Crippen molar-refractivity contribution in [3.8, 4) is 0 Å². The Labute approximate surface area is 150 Å². The van der Waals surface area contributed by atoms with E-state index in [-0.39, 0.29) is 5.75 Å². The fraction of sp³-hybridized carbons (Fsp3) is 1.00. The Bertz CT molecular complexity index is 441. The maximum atomic E-state index is 11.9. The third-order valence-electron chi connectivity index (χ3n) is 5.29. The van der Waals surface area contributed by atoms with Gasteiger partial charge in [-0.25, -0.2) is 8.42 Å². The number of piperazine rings is 1. The maximum Gasteiger partial charge on any atom is 0.151 e. The number of hydrogen-bond acceptors (Lipinski definition) is 5. The second kappa shape index (κ2) is 10.1. The molecular weight excluding hydrogens is 322 g/mol. The first kappa shape index (κ1) is 21.9. The van der Waals surface area contributed by atoms with Crippen molar-refractivity contribution in [2.45, 2.75) is 53.0 Å². The third kappa shape index (κ3) is 8.28. The van der Waals surface area contributed by atoms with Gasteiger partial charge in [-0.15, -0.1) is 0 Å². The van der Waals surface area contributed by atoms with Crippen molar-refractivity contribution in [3.63, 3.8) is 0 Å². The fourth-order valence-corrected chi connectivity index (χ4v) is 4.40. The smallest absolute Gasteiger partial charge is 0.151 e. The second-order valence-electron chi connectivity index (χ2n) is 8.08. The van der Waals surface area contributed by atoms with Gasteiger partial charge in [0.25, 0.3) is 0 Å². The highest BCUT2D eigenvalue weighted by Gasteiger charge is 2.27. The summed E-state index contributed by atoms with van der Waals surface area (Å²) < 4.78 is 23.8. The highest BCUT2D eigenvalue weighted by Crippen LogP contribution is 2.19. The monoisotopic (exact) mass is 361 g/mol. The van der Waals surface area contributed by atoms with E-state index >= 15 is 0 Å². The predicted molar refractivity (Wildman–Crippen MR) is 103 cm³/mol. The van der Waals surface area contributed by atoms with E-state index in [1.165, 1.54) is 6.42 Å². The van der Waals surface area contributed by atoms with Gasteiger partial charge in [0.15, 0.2) is 9.84 Å². The molecule has 144 valence electrons. The lowest BCUT2D eigenvalue weighted by Crippen LogP contribution is -2.55. The zero-order chi connectivity index (χ0) is 18.2. The molecule has 1 heterocycles. The molecule has 0 aliphatic carbocycles. The molecule has 0 saturated carbocycles. The SMILES string of the molecule is CCC(C)(C)N1CCN(CCNCCS(=O)(=O)CCC(C)C)CC1. The molecule has 0 aromatic heterocycles. The van der Waals surface area contributed by atoms with Gasteiger partial charge >= 0.3 is 0 Å². The Kier molecular flexibility index (Phi) is 9.20. The Morgan fingerprint density at radius 1 is 1.04 bits per heavy atom. The number of sulfone groups is 1. The van der Waals surface area contributed by atoms with Crippen LogP contribution < -0.4 is 5.32 Å². The highest BCUT2D eigenvalue weighted by molar-refractivity contribution is 7.91. The highest BCUT2D eigenvalue weighted by atomic mass is 32.2. The van der Waals surface area contributed by atoms with Crippen LogP contribution in [0.5, 0.6) is 0 Å². The van der Waals surface area contributed by atoms with Crippen LogP contribution in [0, 0.1) is 5.92 Å². The summed E-state index contributed by atoms with van der Waals surface area (Å²) in [6.45, 7) is 18.0. The second-order valence-corrected chi connectivity index (χ2v) is 10.4. The van der Waals surface area contributed by atoms with Gasteiger partial charge in [-0.2, -0.15) is 0 Å². The van der Waals surface area contributed by atoms with Crippen molar-refractivity contribution in [1.29, 1.82) is 0 Å².